The minimum absolute atomic E-state index is 0.0269. The van der Waals surface area contributed by atoms with E-state index in [1.54, 1.807) is 0 Å². The van der Waals surface area contributed by atoms with Crippen molar-refractivity contribution in [2.75, 3.05) is 40.9 Å². The summed E-state index contributed by atoms with van der Waals surface area (Å²) in [4.78, 5) is 40.2. The number of quaternary nitrogens is 1. The van der Waals surface area contributed by atoms with Crippen molar-refractivity contribution >= 4 is 19.7 Å². The first-order chi connectivity index (χ1) is 42.4. The molecule has 0 aliphatic heterocycles. The van der Waals surface area contributed by atoms with Gasteiger partial charge in [-0.25, -0.2) is 0 Å². The van der Waals surface area contributed by atoms with E-state index in [1.807, 2.05) is 33.3 Å². The van der Waals surface area contributed by atoms with Crippen LogP contribution in [0.4, 0.5) is 0 Å². The fraction of sp³-hybridized carbons (Fsp3) is 0.766. The first-order valence-electron chi connectivity index (χ1n) is 36.5. The minimum atomic E-state index is -4.71. The van der Waals surface area contributed by atoms with Crippen LogP contribution in [0, 0.1) is 0 Å². The van der Waals surface area contributed by atoms with E-state index in [0.717, 1.165) is 109 Å². The number of amides is 1. The van der Waals surface area contributed by atoms with Gasteiger partial charge in [-0.2, -0.15) is 0 Å². The van der Waals surface area contributed by atoms with E-state index in [9.17, 15) is 19.0 Å². The van der Waals surface area contributed by atoms with Gasteiger partial charge in [-0.3, -0.25) is 14.2 Å². The van der Waals surface area contributed by atoms with Crippen molar-refractivity contribution in [3.05, 3.63) is 97.2 Å². The largest absolute Gasteiger partial charge is 0.756 e. The number of phosphoric acid groups is 1. The Morgan fingerprint density at radius 2 is 0.701 bits per heavy atom. The lowest BCUT2D eigenvalue weighted by Crippen LogP contribution is -2.47. The van der Waals surface area contributed by atoms with Crippen molar-refractivity contribution in [2.24, 2.45) is 0 Å². The van der Waals surface area contributed by atoms with Crippen LogP contribution < -0.4 is 10.2 Å². The van der Waals surface area contributed by atoms with Crippen LogP contribution >= 0.6 is 7.82 Å². The predicted octanol–water partition coefficient (Wildman–Crippen LogP) is 22.8. The van der Waals surface area contributed by atoms with Crippen molar-refractivity contribution in [3.8, 4) is 0 Å². The third-order valence-electron chi connectivity index (χ3n) is 16.0. The lowest BCUT2D eigenvalue weighted by Gasteiger charge is -2.30. The van der Waals surface area contributed by atoms with Gasteiger partial charge in [-0.15, -0.1) is 0 Å². The molecule has 0 bridgehead atoms. The number of rotatable bonds is 66. The fourth-order valence-corrected chi connectivity index (χ4v) is 11.1. The fourth-order valence-electron chi connectivity index (χ4n) is 10.3. The lowest BCUT2D eigenvalue weighted by molar-refractivity contribution is -0.870. The van der Waals surface area contributed by atoms with Crippen LogP contribution in [0.15, 0.2) is 97.2 Å². The number of carbonyl (C=O) groups excluding carboxylic acids is 2. The molecule has 0 aromatic carbocycles. The first-order valence-corrected chi connectivity index (χ1v) is 38.0. The SMILES string of the molecule is CCCCC/C=C\C/C=C\C/C=C\C/C=C\CCCCCCCCCCCC(=O)OC(/C=C/CCCCCCCCCCC)C(COP(=O)([O-])OCC[N+](C)(C)C)NC(=O)CCCCCCCCCCCCCC/C=C\C/C=C\C/C=C\CCCCC. The van der Waals surface area contributed by atoms with Gasteiger partial charge in [-0.05, 0) is 115 Å². The molecule has 0 radical (unpaired) electrons. The second-order valence-electron chi connectivity index (χ2n) is 25.7. The molecule has 3 unspecified atom stereocenters. The molecule has 1 N–H and O–H groups in total. The van der Waals surface area contributed by atoms with Gasteiger partial charge in [0.2, 0.25) is 5.91 Å². The van der Waals surface area contributed by atoms with Crippen LogP contribution in [0.2, 0.25) is 0 Å². The van der Waals surface area contributed by atoms with Crippen LogP contribution in [-0.4, -0.2) is 69.4 Å². The number of hydrogen-bond donors (Lipinski definition) is 1. The summed E-state index contributed by atoms with van der Waals surface area (Å²) < 4.78 is 30.4. The Labute approximate surface area is 538 Å². The maximum atomic E-state index is 13.6. The molecule has 0 saturated carbocycles. The average molecular weight is 1240 g/mol. The Balaban J connectivity index is 5.02. The van der Waals surface area contributed by atoms with Crippen LogP contribution in [-0.2, 0) is 27.9 Å². The molecule has 1 amide bonds. The van der Waals surface area contributed by atoms with Crippen molar-refractivity contribution in [1.82, 2.24) is 5.32 Å². The summed E-state index contributed by atoms with van der Waals surface area (Å²) in [5, 5.41) is 3.04. The van der Waals surface area contributed by atoms with Gasteiger partial charge in [0.15, 0.2) is 0 Å². The number of ether oxygens (including phenoxy) is 1. The highest BCUT2D eigenvalue weighted by Crippen LogP contribution is 2.38. The quantitative estimate of drug-likeness (QED) is 0.0212. The van der Waals surface area contributed by atoms with Crippen LogP contribution in [0.1, 0.15) is 329 Å². The van der Waals surface area contributed by atoms with Crippen LogP contribution in [0.3, 0.4) is 0 Å². The van der Waals surface area contributed by atoms with Crippen molar-refractivity contribution in [2.45, 2.75) is 341 Å². The van der Waals surface area contributed by atoms with Gasteiger partial charge < -0.3 is 28.5 Å². The third-order valence-corrected chi connectivity index (χ3v) is 17.0. The minimum Gasteiger partial charge on any atom is -0.756 e. The molecular weight excluding hydrogens is 1100 g/mol. The second kappa shape index (κ2) is 65.9. The maximum Gasteiger partial charge on any atom is 0.306 e. The normalized spacial score (nSPS) is 14.1. The smallest absolute Gasteiger partial charge is 0.306 e. The Morgan fingerprint density at radius 3 is 1.07 bits per heavy atom. The Bertz CT molecular complexity index is 1810. The molecule has 0 saturated heterocycles. The molecule has 0 fully saturated rings. The summed E-state index contributed by atoms with van der Waals surface area (Å²) in [6, 6.07) is -0.898. The van der Waals surface area contributed by atoms with E-state index in [4.69, 9.17) is 13.8 Å². The van der Waals surface area contributed by atoms with E-state index < -0.39 is 26.6 Å². The van der Waals surface area contributed by atoms with E-state index >= 15 is 0 Å². The number of allylic oxidation sites excluding steroid dienone is 15. The van der Waals surface area contributed by atoms with Gasteiger partial charge in [-0.1, -0.05) is 298 Å². The molecule has 0 heterocycles. The monoisotopic (exact) mass is 1240 g/mol. The summed E-state index contributed by atoms with van der Waals surface area (Å²) in [7, 11) is 1.18. The van der Waals surface area contributed by atoms with Crippen molar-refractivity contribution in [1.29, 1.82) is 0 Å². The zero-order chi connectivity index (χ0) is 63.5. The summed E-state index contributed by atoms with van der Waals surface area (Å²) >= 11 is 0. The number of unbranched alkanes of at least 4 members (excludes halogenated alkanes) is 36. The van der Waals surface area contributed by atoms with Crippen LogP contribution in [0.25, 0.3) is 0 Å². The third kappa shape index (κ3) is 67.2. The highest BCUT2D eigenvalue weighted by molar-refractivity contribution is 7.45. The van der Waals surface area contributed by atoms with Crippen molar-refractivity contribution in [3.63, 3.8) is 0 Å². The standard InChI is InChI=1S/C77H139N2O7P/c1-7-10-13-16-19-22-25-27-29-31-33-35-37-39-41-43-45-47-49-51-54-57-60-63-66-69-76(80)78-74(73-85-87(82,83)84-72-71-79(4,5)6)75(68-65-62-59-56-53-24-21-18-15-12-9-3)86-77(81)70-67-64-61-58-55-52-50-48-46-44-42-40-38-36-34-32-30-28-26-23-20-17-14-11-8-2/h19-20,22-23,27-30,33-36,40,42,65,68,74-75H,7-18,21,24-26,31-32,37-39,41,43-64,66-67,69-73H2,1-6H3,(H-,78,80,82,83)/b22-19-,23-20-,29-27-,30-28-,35-33-,36-34-,42-40-,68-65+. The second-order valence-corrected chi connectivity index (χ2v) is 27.1. The molecule has 3 atom stereocenters. The van der Waals surface area contributed by atoms with Gasteiger partial charge >= 0.3 is 5.97 Å². The van der Waals surface area contributed by atoms with Gasteiger partial charge in [0.1, 0.15) is 19.3 Å². The number of esters is 1. The van der Waals surface area contributed by atoms with E-state index in [1.165, 1.54) is 186 Å². The first kappa shape index (κ1) is 83.9. The topological polar surface area (TPSA) is 114 Å². The molecule has 0 aromatic rings. The molecule has 87 heavy (non-hydrogen) atoms. The Hall–Kier alpha value is -3.07. The average Bonchev–Trinajstić information content (AvgIpc) is 3.70. The molecule has 0 rings (SSSR count). The summed E-state index contributed by atoms with van der Waals surface area (Å²) in [5.74, 6) is -0.546. The number of nitrogens with zero attached hydrogens (tertiary/aromatic N) is 1. The predicted molar refractivity (Wildman–Crippen MR) is 376 cm³/mol. The molecule has 0 aliphatic rings. The number of phosphoric ester groups is 1. The van der Waals surface area contributed by atoms with E-state index in [0.29, 0.717) is 17.4 Å². The highest BCUT2D eigenvalue weighted by atomic mass is 31.2. The number of nitrogens with one attached hydrogen (secondary N) is 1. The Kier molecular flexibility index (Phi) is 63.5. The summed E-state index contributed by atoms with van der Waals surface area (Å²) in [6.45, 7) is 6.80. The van der Waals surface area contributed by atoms with Gasteiger partial charge in [0, 0.05) is 12.8 Å². The summed E-state index contributed by atoms with van der Waals surface area (Å²) in [6.07, 6.45) is 89.6. The highest BCUT2D eigenvalue weighted by Gasteiger charge is 2.27. The Morgan fingerprint density at radius 1 is 0.402 bits per heavy atom. The number of likely N-dealkylation sites (N-methyl/N-ethyl adjacent to an activating group) is 1. The molecule has 0 aliphatic carbocycles. The van der Waals surface area contributed by atoms with Crippen LogP contribution in [0.5, 0.6) is 0 Å². The number of hydrogen-bond acceptors (Lipinski definition) is 7. The number of carbonyl (C=O) groups is 2. The molecule has 0 aromatic heterocycles. The molecule has 504 valence electrons. The maximum absolute atomic E-state index is 13.6. The summed E-state index contributed by atoms with van der Waals surface area (Å²) in [5.41, 5.74) is 0. The zero-order valence-electron chi connectivity index (χ0n) is 57.7. The molecule has 0 spiro atoms. The van der Waals surface area contributed by atoms with Gasteiger partial charge in [0.05, 0.1) is 33.8 Å². The zero-order valence-corrected chi connectivity index (χ0v) is 58.6. The van der Waals surface area contributed by atoms with E-state index in [-0.39, 0.29) is 24.9 Å². The molecule has 10 heteroatoms. The lowest BCUT2D eigenvalue weighted by atomic mass is 10.0. The molecular formula is C77H139N2O7P. The van der Waals surface area contributed by atoms with Gasteiger partial charge in [0.25, 0.3) is 7.82 Å². The van der Waals surface area contributed by atoms with Crippen molar-refractivity contribution < 1.29 is 37.3 Å². The van der Waals surface area contributed by atoms with E-state index in [2.05, 4.69) is 111 Å². The molecule has 9 nitrogen and oxygen atoms in total.